The van der Waals surface area contributed by atoms with Crippen LogP contribution in [0.2, 0.25) is 0 Å². The zero-order chi connectivity index (χ0) is 13.3. The summed E-state index contributed by atoms with van der Waals surface area (Å²) in [4.78, 5) is 12.3. The monoisotopic (exact) mass is 264 g/mol. The van der Waals surface area contributed by atoms with Crippen LogP contribution in [0.3, 0.4) is 0 Å². The maximum atomic E-state index is 10.6. The van der Waals surface area contributed by atoms with E-state index in [2.05, 4.69) is 0 Å². The highest BCUT2D eigenvalue weighted by atomic mass is 16.5. The second-order valence-electron chi connectivity index (χ2n) is 4.86. The number of aldehydes is 1. The van der Waals surface area contributed by atoms with Crippen molar-refractivity contribution in [2.45, 2.75) is 12.8 Å². The Morgan fingerprint density at radius 3 is 2.89 bits per heavy atom. The number of benzene rings is 1. The molecule has 0 radical (unpaired) electrons. The fraction of sp³-hybridized carbons (Fsp3) is 0.533. The minimum absolute atomic E-state index is 0.662. The quantitative estimate of drug-likeness (QED) is 0.578. The second kappa shape index (κ2) is 7.92. The Kier molecular flexibility index (Phi) is 5.85. The molecule has 2 rings (SSSR count). The van der Waals surface area contributed by atoms with Crippen LogP contribution in [-0.4, -0.2) is 45.7 Å². The Hall–Kier alpha value is -1.39. The number of morpholine rings is 1. The molecule has 1 heterocycles. The van der Waals surface area contributed by atoms with Gasteiger partial charge in [0.15, 0.2) is 0 Å². The van der Waals surface area contributed by atoms with E-state index in [9.17, 15) is 4.79 Å². The van der Waals surface area contributed by atoms with E-state index >= 15 is 0 Å². The third kappa shape index (κ3) is 5.01. The molecule has 0 aliphatic carbocycles. The second-order valence-corrected chi connectivity index (χ2v) is 4.86. The average molecular weight is 264 g/mol. The third-order valence-corrected chi connectivity index (χ3v) is 3.39. The predicted molar refractivity (Wildman–Crippen MR) is 72.9 cm³/mol. The largest absolute Gasteiger partial charge is 0.494 e. The number of quaternary nitrogens is 1. The Morgan fingerprint density at radius 1 is 1.26 bits per heavy atom. The fourth-order valence-electron chi connectivity index (χ4n) is 2.25. The van der Waals surface area contributed by atoms with E-state index in [1.807, 2.05) is 12.1 Å². The van der Waals surface area contributed by atoms with E-state index in [0.29, 0.717) is 12.2 Å². The molecule has 1 aliphatic rings. The van der Waals surface area contributed by atoms with Crippen LogP contribution < -0.4 is 9.64 Å². The van der Waals surface area contributed by atoms with Gasteiger partial charge in [-0.1, -0.05) is 12.1 Å². The van der Waals surface area contributed by atoms with Crippen LogP contribution in [0.25, 0.3) is 0 Å². The van der Waals surface area contributed by atoms with Crippen LogP contribution in [0.4, 0.5) is 0 Å². The highest BCUT2D eigenvalue weighted by Gasteiger charge is 2.12. The zero-order valence-corrected chi connectivity index (χ0v) is 11.3. The molecule has 104 valence electrons. The molecule has 1 saturated heterocycles. The fourth-order valence-corrected chi connectivity index (χ4v) is 2.25. The van der Waals surface area contributed by atoms with E-state index in [1.54, 1.807) is 17.0 Å². The molecule has 1 aromatic carbocycles. The first-order chi connectivity index (χ1) is 9.38. The standard InChI is InChI=1S/C15H21NO3/c17-13-14-4-3-5-15(12-14)19-9-2-1-6-16-7-10-18-11-8-16/h3-5,12-13H,1-2,6-11H2/p+1. The molecule has 19 heavy (non-hydrogen) atoms. The van der Waals surface area contributed by atoms with Crippen LogP contribution in [0.1, 0.15) is 23.2 Å². The van der Waals surface area contributed by atoms with Gasteiger partial charge in [0.05, 0.1) is 26.4 Å². The SMILES string of the molecule is O=Cc1cccc(OCCCC[NH+]2CCOCC2)c1. The molecular formula is C15H22NO3+. The lowest BCUT2D eigenvalue weighted by Crippen LogP contribution is -3.14. The van der Waals surface area contributed by atoms with E-state index in [-0.39, 0.29) is 0 Å². The molecule has 1 aliphatic heterocycles. The lowest BCUT2D eigenvalue weighted by atomic mass is 10.2. The Bertz CT molecular complexity index is 389. The first-order valence-electron chi connectivity index (χ1n) is 6.98. The molecule has 4 heteroatoms. The maximum Gasteiger partial charge on any atom is 0.150 e. The number of rotatable bonds is 7. The molecule has 0 unspecified atom stereocenters. The summed E-state index contributed by atoms with van der Waals surface area (Å²) in [5, 5.41) is 0. The number of carbonyl (C=O) groups excluding carboxylic acids is 1. The lowest BCUT2D eigenvalue weighted by molar-refractivity contribution is -0.908. The summed E-state index contributed by atoms with van der Waals surface area (Å²) in [6.07, 6.45) is 3.06. The topological polar surface area (TPSA) is 40.0 Å². The molecule has 4 nitrogen and oxygen atoms in total. The maximum absolute atomic E-state index is 10.6. The molecule has 0 atom stereocenters. The van der Waals surface area contributed by atoms with E-state index in [1.165, 1.54) is 13.0 Å². The van der Waals surface area contributed by atoms with Crippen molar-refractivity contribution in [3.05, 3.63) is 29.8 Å². The molecule has 0 aromatic heterocycles. The number of nitrogens with one attached hydrogen (secondary N) is 1. The number of hydrogen-bond acceptors (Lipinski definition) is 3. The van der Waals surface area contributed by atoms with Gasteiger partial charge in [-0.3, -0.25) is 4.79 Å². The lowest BCUT2D eigenvalue weighted by Gasteiger charge is -2.23. The van der Waals surface area contributed by atoms with Gasteiger partial charge < -0.3 is 14.4 Å². The zero-order valence-electron chi connectivity index (χ0n) is 11.3. The van der Waals surface area contributed by atoms with Crippen LogP contribution in [0.15, 0.2) is 24.3 Å². The molecule has 1 N–H and O–H groups in total. The van der Waals surface area contributed by atoms with Gasteiger partial charge in [0.1, 0.15) is 25.1 Å². The van der Waals surface area contributed by atoms with Gasteiger partial charge in [0.2, 0.25) is 0 Å². The summed E-state index contributed by atoms with van der Waals surface area (Å²) in [6.45, 7) is 5.95. The van der Waals surface area contributed by atoms with Crippen molar-refractivity contribution in [3.63, 3.8) is 0 Å². The summed E-state index contributed by atoms with van der Waals surface area (Å²) in [7, 11) is 0. The first kappa shape index (κ1) is 14.0. The number of hydrogen-bond donors (Lipinski definition) is 1. The van der Waals surface area contributed by atoms with Crippen molar-refractivity contribution in [3.8, 4) is 5.75 Å². The summed E-state index contributed by atoms with van der Waals surface area (Å²) in [6, 6.07) is 7.29. The van der Waals surface area contributed by atoms with E-state index in [0.717, 1.165) is 44.8 Å². The smallest absolute Gasteiger partial charge is 0.150 e. The van der Waals surface area contributed by atoms with Gasteiger partial charge in [-0.15, -0.1) is 0 Å². The molecule has 0 spiro atoms. The molecule has 0 saturated carbocycles. The van der Waals surface area contributed by atoms with Gasteiger partial charge in [-0.2, -0.15) is 0 Å². The van der Waals surface area contributed by atoms with Crippen molar-refractivity contribution in [1.82, 2.24) is 0 Å². The highest BCUT2D eigenvalue weighted by Crippen LogP contribution is 2.12. The molecule has 0 bridgehead atoms. The summed E-state index contributed by atoms with van der Waals surface area (Å²) in [5.74, 6) is 0.781. The van der Waals surface area contributed by atoms with Crippen LogP contribution in [0, 0.1) is 0 Å². The average Bonchev–Trinajstić information content (AvgIpc) is 2.48. The number of ether oxygens (including phenoxy) is 2. The molecule has 0 amide bonds. The number of unbranched alkanes of at least 4 members (excludes halogenated alkanes) is 1. The molecule has 1 aromatic rings. The normalized spacial score (nSPS) is 16.2. The van der Waals surface area contributed by atoms with Crippen LogP contribution in [0.5, 0.6) is 5.75 Å². The Balaban J connectivity index is 1.59. The van der Waals surface area contributed by atoms with Gasteiger partial charge in [0, 0.05) is 5.56 Å². The van der Waals surface area contributed by atoms with Gasteiger partial charge >= 0.3 is 0 Å². The van der Waals surface area contributed by atoms with Crippen molar-refractivity contribution < 1.29 is 19.2 Å². The molecule has 1 fully saturated rings. The third-order valence-electron chi connectivity index (χ3n) is 3.39. The number of carbonyl (C=O) groups is 1. The summed E-state index contributed by atoms with van der Waals surface area (Å²) < 4.78 is 11.0. The van der Waals surface area contributed by atoms with Crippen molar-refractivity contribution in [1.29, 1.82) is 0 Å². The Morgan fingerprint density at radius 2 is 2.11 bits per heavy atom. The van der Waals surface area contributed by atoms with E-state index < -0.39 is 0 Å². The summed E-state index contributed by atoms with van der Waals surface area (Å²) >= 11 is 0. The van der Waals surface area contributed by atoms with Crippen molar-refractivity contribution in [2.75, 3.05) is 39.5 Å². The molecular weight excluding hydrogens is 242 g/mol. The minimum atomic E-state index is 0.662. The van der Waals surface area contributed by atoms with Crippen molar-refractivity contribution >= 4 is 6.29 Å². The minimum Gasteiger partial charge on any atom is -0.494 e. The van der Waals surface area contributed by atoms with E-state index in [4.69, 9.17) is 9.47 Å². The highest BCUT2D eigenvalue weighted by molar-refractivity contribution is 5.75. The van der Waals surface area contributed by atoms with Gasteiger partial charge in [-0.25, -0.2) is 0 Å². The van der Waals surface area contributed by atoms with Gasteiger partial charge in [-0.05, 0) is 25.0 Å². The predicted octanol–water partition coefficient (Wildman–Crippen LogP) is 0.573. The first-order valence-corrected chi connectivity index (χ1v) is 6.98. The van der Waals surface area contributed by atoms with Gasteiger partial charge in [0.25, 0.3) is 0 Å². The summed E-state index contributed by atoms with van der Waals surface area (Å²) in [5.41, 5.74) is 0.662. The van der Waals surface area contributed by atoms with Crippen molar-refractivity contribution in [2.24, 2.45) is 0 Å². The van der Waals surface area contributed by atoms with Crippen LogP contribution >= 0.6 is 0 Å². The Labute approximate surface area is 114 Å². The van der Waals surface area contributed by atoms with Crippen LogP contribution in [-0.2, 0) is 4.74 Å².